The summed E-state index contributed by atoms with van der Waals surface area (Å²) in [7, 11) is 0. The second-order valence-electron chi connectivity index (χ2n) is 5.87. The topological polar surface area (TPSA) is 42.9 Å². The maximum absolute atomic E-state index is 13.0. The molecule has 0 saturated heterocycles. The Balaban J connectivity index is 1.85. The van der Waals surface area contributed by atoms with Gasteiger partial charge >= 0.3 is 0 Å². The summed E-state index contributed by atoms with van der Waals surface area (Å²) in [5, 5.41) is 0. The number of benzene rings is 3. The molecule has 3 aromatic carbocycles. The Labute approximate surface area is 146 Å². The Bertz CT molecular complexity index is 1030. The fraction of sp³-hybridized carbons (Fsp3) is 0.0455. The highest BCUT2D eigenvalue weighted by molar-refractivity contribution is 6.09. The fourth-order valence-electron chi connectivity index (χ4n) is 2.86. The first-order valence-corrected chi connectivity index (χ1v) is 8.20. The van der Waals surface area contributed by atoms with Crippen LogP contribution in [0.25, 0.3) is 11.0 Å². The van der Waals surface area contributed by atoms with Gasteiger partial charge in [-0.2, -0.15) is 0 Å². The zero-order chi connectivity index (χ0) is 17.1. The van der Waals surface area contributed by atoms with Crippen LogP contribution in [-0.4, -0.2) is 15.8 Å². The molecular formula is C22H16N2O. The molecule has 0 aliphatic carbocycles. The monoisotopic (exact) mass is 324 g/mol. The van der Waals surface area contributed by atoms with Crippen LogP contribution in [0.2, 0.25) is 0 Å². The molecule has 0 atom stereocenters. The summed E-state index contributed by atoms with van der Waals surface area (Å²) in [6.07, 6.45) is 0.576. The zero-order valence-corrected chi connectivity index (χ0v) is 13.6. The molecule has 0 N–H and O–H groups in total. The number of aromatic nitrogens is 2. The minimum Gasteiger partial charge on any atom is -0.287 e. The lowest BCUT2D eigenvalue weighted by molar-refractivity contribution is 0.103. The maximum atomic E-state index is 13.0. The first kappa shape index (κ1) is 15.2. The number of nitrogens with zero attached hydrogens (tertiary/aromatic N) is 2. The molecule has 0 spiro atoms. The summed E-state index contributed by atoms with van der Waals surface area (Å²) >= 11 is 0. The molecule has 0 aliphatic rings. The molecule has 4 aromatic rings. The van der Waals surface area contributed by atoms with E-state index in [1.807, 2.05) is 84.9 Å². The van der Waals surface area contributed by atoms with Crippen LogP contribution < -0.4 is 0 Å². The summed E-state index contributed by atoms with van der Waals surface area (Å²) in [5.41, 5.74) is 4.40. The SMILES string of the molecule is O=C(c1ccccc1)c1nc2ccccc2nc1Cc1ccccc1. The maximum Gasteiger partial charge on any atom is 0.213 e. The Morgan fingerprint density at radius 3 is 1.92 bits per heavy atom. The van der Waals surface area contributed by atoms with Crippen LogP contribution in [-0.2, 0) is 6.42 Å². The van der Waals surface area contributed by atoms with Crippen molar-refractivity contribution >= 4 is 16.8 Å². The Hall–Kier alpha value is -3.33. The predicted octanol–water partition coefficient (Wildman–Crippen LogP) is 4.45. The summed E-state index contributed by atoms with van der Waals surface area (Å²) in [5.74, 6) is -0.0928. The van der Waals surface area contributed by atoms with Crippen molar-refractivity contribution in [2.24, 2.45) is 0 Å². The summed E-state index contributed by atoms with van der Waals surface area (Å²) in [4.78, 5) is 22.4. The Morgan fingerprint density at radius 1 is 0.680 bits per heavy atom. The number of hydrogen-bond donors (Lipinski definition) is 0. The van der Waals surface area contributed by atoms with Gasteiger partial charge in [0.2, 0.25) is 5.78 Å². The van der Waals surface area contributed by atoms with Crippen LogP contribution in [0.15, 0.2) is 84.9 Å². The van der Waals surface area contributed by atoms with Crippen LogP contribution in [0.3, 0.4) is 0 Å². The number of fused-ring (bicyclic) bond motifs is 1. The van der Waals surface area contributed by atoms with E-state index < -0.39 is 0 Å². The van der Waals surface area contributed by atoms with E-state index in [0.29, 0.717) is 23.4 Å². The minimum atomic E-state index is -0.0928. The first-order valence-electron chi connectivity index (χ1n) is 8.20. The number of ketones is 1. The Kier molecular flexibility index (Phi) is 4.05. The van der Waals surface area contributed by atoms with Gasteiger partial charge in [-0.1, -0.05) is 72.8 Å². The number of hydrogen-bond acceptors (Lipinski definition) is 3. The standard InChI is InChI=1S/C22H16N2O/c25-22(17-11-5-2-6-12-17)21-20(15-16-9-3-1-4-10-16)23-18-13-7-8-14-19(18)24-21/h1-14H,15H2. The molecule has 0 saturated carbocycles. The van der Waals surface area contributed by atoms with Crippen LogP contribution in [0.5, 0.6) is 0 Å². The van der Waals surface area contributed by atoms with Gasteiger partial charge in [0, 0.05) is 12.0 Å². The highest BCUT2D eigenvalue weighted by Gasteiger charge is 2.18. The molecule has 4 rings (SSSR count). The lowest BCUT2D eigenvalue weighted by atomic mass is 10.0. The fourth-order valence-corrected chi connectivity index (χ4v) is 2.86. The average molecular weight is 324 g/mol. The van der Waals surface area contributed by atoms with Crippen molar-refractivity contribution in [2.75, 3.05) is 0 Å². The minimum absolute atomic E-state index is 0.0928. The molecule has 0 aliphatic heterocycles. The van der Waals surface area contributed by atoms with Gasteiger partial charge in [-0.15, -0.1) is 0 Å². The average Bonchev–Trinajstić information content (AvgIpc) is 2.68. The van der Waals surface area contributed by atoms with Crippen molar-refractivity contribution in [2.45, 2.75) is 6.42 Å². The number of carbonyl (C=O) groups is 1. The van der Waals surface area contributed by atoms with E-state index in [1.54, 1.807) is 0 Å². The first-order chi connectivity index (χ1) is 12.3. The third-order valence-electron chi connectivity index (χ3n) is 4.11. The van der Waals surface area contributed by atoms with Gasteiger partial charge in [0.05, 0.1) is 16.7 Å². The summed E-state index contributed by atoms with van der Waals surface area (Å²) in [6, 6.07) is 26.9. The van der Waals surface area contributed by atoms with E-state index in [9.17, 15) is 4.79 Å². The van der Waals surface area contributed by atoms with Crippen LogP contribution in [0.4, 0.5) is 0 Å². The third kappa shape index (κ3) is 3.17. The van der Waals surface area contributed by atoms with E-state index in [4.69, 9.17) is 4.98 Å². The molecule has 0 radical (unpaired) electrons. The smallest absolute Gasteiger partial charge is 0.213 e. The van der Waals surface area contributed by atoms with E-state index in [2.05, 4.69) is 4.98 Å². The van der Waals surface area contributed by atoms with Gasteiger partial charge in [0.25, 0.3) is 0 Å². The number of carbonyl (C=O) groups excluding carboxylic acids is 1. The largest absolute Gasteiger partial charge is 0.287 e. The summed E-state index contributed by atoms with van der Waals surface area (Å²) < 4.78 is 0. The van der Waals surface area contributed by atoms with E-state index in [0.717, 1.165) is 16.6 Å². The second-order valence-corrected chi connectivity index (χ2v) is 5.87. The zero-order valence-electron chi connectivity index (χ0n) is 13.6. The molecule has 0 unspecified atom stereocenters. The molecule has 3 nitrogen and oxygen atoms in total. The molecule has 25 heavy (non-hydrogen) atoms. The molecule has 1 aromatic heterocycles. The van der Waals surface area contributed by atoms with E-state index >= 15 is 0 Å². The van der Waals surface area contributed by atoms with Gasteiger partial charge < -0.3 is 0 Å². The van der Waals surface area contributed by atoms with Gasteiger partial charge in [-0.3, -0.25) is 4.79 Å². The highest BCUT2D eigenvalue weighted by atomic mass is 16.1. The molecule has 120 valence electrons. The molecule has 1 heterocycles. The van der Waals surface area contributed by atoms with Gasteiger partial charge in [0.1, 0.15) is 5.69 Å². The molecule has 0 bridgehead atoms. The van der Waals surface area contributed by atoms with E-state index in [1.165, 1.54) is 0 Å². The van der Waals surface area contributed by atoms with Crippen LogP contribution in [0.1, 0.15) is 27.3 Å². The van der Waals surface area contributed by atoms with Crippen LogP contribution >= 0.6 is 0 Å². The molecule has 0 amide bonds. The highest BCUT2D eigenvalue weighted by Crippen LogP contribution is 2.19. The van der Waals surface area contributed by atoms with Gasteiger partial charge in [0.15, 0.2) is 0 Å². The van der Waals surface area contributed by atoms with Crippen molar-refractivity contribution in [1.82, 2.24) is 9.97 Å². The lowest BCUT2D eigenvalue weighted by Gasteiger charge is -2.09. The van der Waals surface area contributed by atoms with E-state index in [-0.39, 0.29) is 5.78 Å². The predicted molar refractivity (Wildman–Crippen MR) is 98.7 cm³/mol. The quantitative estimate of drug-likeness (QED) is 0.521. The number of rotatable bonds is 4. The van der Waals surface area contributed by atoms with Crippen molar-refractivity contribution in [3.8, 4) is 0 Å². The normalized spacial score (nSPS) is 10.7. The number of para-hydroxylation sites is 2. The lowest BCUT2D eigenvalue weighted by Crippen LogP contribution is -2.11. The summed E-state index contributed by atoms with van der Waals surface area (Å²) in [6.45, 7) is 0. The van der Waals surface area contributed by atoms with Crippen molar-refractivity contribution in [1.29, 1.82) is 0 Å². The molecule has 0 fully saturated rings. The van der Waals surface area contributed by atoms with Gasteiger partial charge in [-0.25, -0.2) is 9.97 Å². The van der Waals surface area contributed by atoms with Gasteiger partial charge in [-0.05, 0) is 17.7 Å². The van der Waals surface area contributed by atoms with Crippen LogP contribution in [0, 0.1) is 0 Å². The van der Waals surface area contributed by atoms with Crippen molar-refractivity contribution < 1.29 is 4.79 Å². The third-order valence-corrected chi connectivity index (χ3v) is 4.11. The molecular weight excluding hydrogens is 308 g/mol. The van der Waals surface area contributed by atoms with Crippen molar-refractivity contribution in [3.05, 3.63) is 107 Å². The Morgan fingerprint density at radius 2 is 1.24 bits per heavy atom. The second kappa shape index (κ2) is 6.65. The van der Waals surface area contributed by atoms with Crippen molar-refractivity contribution in [3.63, 3.8) is 0 Å². The molecule has 3 heteroatoms.